The van der Waals surface area contributed by atoms with Crippen LogP contribution in [0.25, 0.3) is 11.1 Å². The summed E-state index contributed by atoms with van der Waals surface area (Å²) in [6.07, 6.45) is 0. The van der Waals surface area contributed by atoms with Crippen LogP contribution in [0.3, 0.4) is 0 Å². The third-order valence-electron chi connectivity index (χ3n) is 2.33. The summed E-state index contributed by atoms with van der Waals surface area (Å²) in [7, 11) is -12.7. The second-order valence-electron chi connectivity index (χ2n) is 4.83. The molecule has 2 rings (SSSR count). The minimum atomic E-state index is -4.22. The van der Waals surface area contributed by atoms with Gasteiger partial charge in [0.15, 0.2) is 0 Å². The van der Waals surface area contributed by atoms with Gasteiger partial charge in [-0.15, -0.1) is 0 Å². The van der Waals surface area contributed by atoms with Gasteiger partial charge in [0.25, 0.3) is 0 Å². The van der Waals surface area contributed by atoms with Crippen molar-refractivity contribution in [1.82, 2.24) is 0 Å². The zero-order chi connectivity index (χ0) is 23.8. The fraction of sp³-hybridized carbons (Fsp3) is 0.200. The van der Waals surface area contributed by atoms with Crippen molar-refractivity contribution >= 4 is 47.7 Å². The molecule has 0 spiro atoms. The van der Waals surface area contributed by atoms with Crippen LogP contribution < -0.4 is 15.3 Å². The molecule has 12 nitrogen and oxygen atoms in total. The van der Waals surface area contributed by atoms with Crippen molar-refractivity contribution in [2.45, 2.75) is 0 Å². The predicted molar refractivity (Wildman–Crippen MR) is 107 cm³/mol. The second kappa shape index (κ2) is 17.2. The van der Waals surface area contributed by atoms with Crippen LogP contribution in [0, 0.1) is 0 Å². The van der Waals surface area contributed by atoms with E-state index in [-0.39, 0.29) is 17.4 Å². The van der Waals surface area contributed by atoms with Crippen LogP contribution in [0.5, 0.6) is 0 Å². The molecule has 0 saturated carbocycles. The van der Waals surface area contributed by atoms with Gasteiger partial charge < -0.3 is 15.3 Å². The Labute approximate surface area is 191 Å². The summed E-state index contributed by atoms with van der Waals surface area (Å²) in [5, 5.41) is 27.3. The van der Waals surface area contributed by atoms with Crippen LogP contribution in [-0.2, 0) is 30.4 Å². The molecule has 0 saturated heterocycles. The Kier molecular flexibility index (Phi) is 18.9. The second-order valence-corrected chi connectivity index (χ2v) is 9.03. The van der Waals surface area contributed by atoms with E-state index in [1.54, 1.807) is 0 Å². The topological polar surface area (TPSA) is 232 Å². The van der Waals surface area contributed by atoms with Gasteiger partial charge in [0.2, 0.25) is 30.4 Å². The molecule has 2 aromatic rings. The summed E-state index contributed by atoms with van der Waals surface area (Å²) in [5.74, 6) is -4.35. The van der Waals surface area contributed by atoms with E-state index in [9.17, 15) is 25.3 Å². The molecule has 0 bridgehead atoms. The molecule has 31 heavy (non-hydrogen) atoms. The monoisotopic (exact) mass is 514 g/mol. The Hall–Kier alpha value is -1.42. The first kappa shape index (κ1) is 34.2. The maximum Gasteiger partial charge on any atom is 3.00 e. The quantitative estimate of drug-likeness (QED) is 0.285. The summed E-state index contributed by atoms with van der Waals surface area (Å²) in [6, 6.07) is 20.8. The normalized spacial score (nSPS) is 10.5. The van der Waals surface area contributed by atoms with E-state index in [0.29, 0.717) is 0 Å². The van der Waals surface area contributed by atoms with Gasteiger partial charge in [-0.2, -0.15) is 0 Å². The SMILES string of the molecule is O=S(=O)(O)C[O-].O=S(=O)(O)C[O-].O=S(=O)(O)C[O-].[Al+3].c1ccc(-c2ccccc2)cc1. The van der Waals surface area contributed by atoms with Crippen molar-refractivity contribution in [3.63, 3.8) is 0 Å². The van der Waals surface area contributed by atoms with Crippen molar-refractivity contribution in [1.29, 1.82) is 0 Å². The van der Waals surface area contributed by atoms with E-state index in [1.807, 2.05) is 12.1 Å². The van der Waals surface area contributed by atoms with Crippen LogP contribution in [0.4, 0.5) is 0 Å². The third kappa shape index (κ3) is 26.5. The number of rotatable bonds is 4. The zero-order valence-corrected chi connectivity index (χ0v) is 19.3. The van der Waals surface area contributed by atoms with Crippen molar-refractivity contribution in [2.24, 2.45) is 0 Å². The number of hydrogen-bond acceptors (Lipinski definition) is 9. The third-order valence-corrected chi connectivity index (χ3v) is 3.22. The zero-order valence-electron chi connectivity index (χ0n) is 15.7. The average Bonchev–Trinajstić information content (AvgIpc) is 2.69. The number of hydrogen-bond donors (Lipinski definition) is 3. The smallest absolute Gasteiger partial charge is 0.841 e. The Bertz CT molecular complexity index is 896. The van der Waals surface area contributed by atoms with Gasteiger partial charge in [-0.05, 0) is 28.9 Å². The van der Waals surface area contributed by atoms with Crippen LogP contribution in [0.15, 0.2) is 60.7 Å². The Morgan fingerprint density at radius 3 is 0.806 bits per heavy atom. The van der Waals surface area contributed by atoms with Gasteiger partial charge in [0.05, 0.1) is 0 Å². The summed E-state index contributed by atoms with van der Waals surface area (Å²) in [6.45, 7) is 0. The molecule has 0 heterocycles. The summed E-state index contributed by atoms with van der Waals surface area (Å²) in [5.41, 5.74) is 2.55. The van der Waals surface area contributed by atoms with Crippen molar-refractivity contribution in [3.05, 3.63) is 60.7 Å². The van der Waals surface area contributed by atoms with Crippen molar-refractivity contribution in [3.8, 4) is 11.1 Å². The molecule has 0 aromatic heterocycles. The van der Waals surface area contributed by atoms with E-state index < -0.39 is 48.2 Å². The first-order chi connectivity index (χ1) is 13.6. The van der Waals surface area contributed by atoms with E-state index in [0.717, 1.165) is 0 Å². The van der Waals surface area contributed by atoms with Crippen LogP contribution >= 0.6 is 0 Å². The maximum atomic E-state index is 9.24. The largest absolute Gasteiger partial charge is 3.00 e. The molecule has 172 valence electrons. The van der Waals surface area contributed by atoms with E-state index >= 15 is 0 Å². The Morgan fingerprint density at radius 1 is 0.516 bits per heavy atom. The minimum Gasteiger partial charge on any atom is -0.841 e. The molecule has 0 unspecified atom stereocenters. The van der Waals surface area contributed by atoms with Gasteiger partial charge >= 0.3 is 17.4 Å². The molecule has 0 fully saturated rings. The molecule has 2 aromatic carbocycles. The average molecular weight is 514 g/mol. The standard InChI is InChI=1S/C12H10.3CH3O4S.Al/c1-3-7-11(8-4-1)12-9-5-2-6-10-12;3*2-1-6(3,4)5;/h1-10H;3*1H2,(H,3,4,5);/q;3*-1;+3. The molecular weight excluding hydrogens is 495 g/mol. The molecule has 0 aliphatic heterocycles. The van der Waals surface area contributed by atoms with Gasteiger partial charge in [0, 0.05) is 0 Å². The molecule has 0 atom stereocenters. The Balaban J connectivity index is -0.000000360. The van der Waals surface area contributed by atoms with E-state index in [2.05, 4.69) is 48.5 Å². The van der Waals surface area contributed by atoms with Gasteiger partial charge in [-0.25, -0.2) is 25.3 Å². The molecule has 0 aliphatic rings. The first-order valence-electron chi connectivity index (χ1n) is 7.35. The van der Waals surface area contributed by atoms with Crippen LogP contribution in [-0.4, -0.2) is 74.1 Å². The van der Waals surface area contributed by atoms with E-state index in [4.69, 9.17) is 29.0 Å². The van der Waals surface area contributed by atoms with Crippen molar-refractivity contribution in [2.75, 3.05) is 17.8 Å². The fourth-order valence-corrected chi connectivity index (χ4v) is 1.26. The molecule has 0 aliphatic carbocycles. The summed E-state index contributed by atoms with van der Waals surface area (Å²) >= 11 is 0. The Morgan fingerprint density at radius 2 is 0.677 bits per heavy atom. The van der Waals surface area contributed by atoms with Crippen molar-refractivity contribution < 1.29 is 54.2 Å². The molecule has 0 amide bonds. The molecule has 0 radical (unpaired) electrons. The molecular formula is C15H19AlO12S3. The van der Waals surface area contributed by atoms with Crippen LogP contribution in [0.2, 0.25) is 0 Å². The van der Waals surface area contributed by atoms with Crippen LogP contribution in [0.1, 0.15) is 0 Å². The first-order valence-corrected chi connectivity index (χ1v) is 12.2. The van der Waals surface area contributed by atoms with Gasteiger partial charge in [-0.1, -0.05) is 60.7 Å². The summed E-state index contributed by atoms with van der Waals surface area (Å²) < 4.78 is 77.9. The number of benzene rings is 2. The van der Waals surface area contributed by atoms with Gasteiger partial charge in [0.1, 0.15) is 0 Å². The maximum absolute atomic E-state index is 9.24. The minimum absolute atomic E-state index is 0. The molecule has 16 heteroatoms. The van der Waals surface area contributed by atoms with Gasteiger partial charge in [-0.3, -0.25) is 13.7 Å². The fourth-order valence-electron chi connectivity index (χ4n) is 1.26. The summed E-state index contributed by atoms with van der Waals surface area (Å²) in [4.78, 5) is 0. The molecule has 3 N–H and O–H groups in total. The van der Waals surface area contributed by atoms with E-state index in [1.165, 1.54) is 11.1 Å². The predicted octanol–water partition coefficient (Wildman–Crippen LogP) is -2.45.